The average molecular weight is 192 g/mol. The van der Waals surface area contributed by atoms with Crippen molar-refractivity contribution in [2.75, 3.05) is 13.1 Å². The first kappa shape index (κ1) is 8.44. The highest BCUT2D eigenvalue weighted by atomic mass is 15.3. The average Bonchev–Trinajstić information content (AvgIpc) is 2.73. The van der Waals surface area contributed by atoms with Crippen molar-refractivity contribution < 1.29 is 0 Å². The number of aromatic nitrogens is 2. The summed E-state index contributed by atoms with van der Waals surface area (Å²) in [5.74, 6) is 0. The van der Waals surface area contributed by atoms with Gasteiger partial charge in [-0.05, 0) is 31.9 Å². The molecule has 0 aromatic carbocycles. The van der Waals surface area contributed by atoms with Crippen molar-refractivity contribution in [2.24, 2.45) is 5.73 Å². The summed E-state index contributed by atoms with van der Waals surface area (Å²) in [6, 6.07) is 2.59. The molecule has 1 aromatic heterocycles. The number of nitrogens with zero attached hydrogens (tertiary/aromatic N) is 2. The molecule has 0 bridgehead atoms. The Morgan fingerprint density at radius 3 is 3.07 bits per heavy atom. The Kier molecular flexibility index (Phi) is 1.69. The van der Waals surface area contributed by atoms with Crippen LogP contribution in [0.5, 0.6) is 0 Å². The maximum Gasteiger partial charge on any atom is 0.0659 e. The maximum atomic E-state index is 6.20. The highest BCUT2D eigenvalue weighted by Crippen LogP contribution is 2.43. The SMILES string of the molecule is NC1(c2ccnn2C2CCNC2)CC1. The van der Waals surface area contributed by atoms with Crippen LogP contribution < -0.4 is 11.1 Å². The first-order chi connectivity index (χ1) is 6.80. The lowest BCUT2D eigenvalue weighted by Gasteiger charge is -2.17. The Bertz CT molecular complexity index is 334. The van der Waals surface area contributed by atoms with Gasteiger partial charge in [0.2, 0.25) is 0 Å². The van der Waals surface area contributed by atoms with E-state index in [1.54, 1.807) is 0 Å². The van der Waals surface area contributed by atoms with Crippen molar-refractivity contribution in [1.29, 1.82) is 0 Å². The van der Waals surface area contributed by atoms with Crippen LogP contribution in [0.25, 0.3) is 0 Å². The smallest absolute Gasteiger partial charge is 0.0659 e. The molecule has 0 spiro atoms. The number of hydrogen-bond acceptors (Lipinski definition) is 3. The van der Waals surface area contributed by atoms with Crippen LogP contribution in [0.3, 0.4) is 0 Å². The van der Waals surface area contributed by atoms with E-state index < -0.39 is 0 Å². The van der Waals surface area contributed by atoms with Crippen LogP contribution in [-0.4, -0.2) is 22.9 Å². The van der Waals surface area contributed by atoms with Crippen molar-refractivity contribution >= 4 is 0 Å². The van der Waals surface area contributed by atoms with Crippen molar-refractivity contribution in [1.82, 2.24) is 15.1 Å². The third-order valence-corrected chi connectivity index (χ3v) is 3.35. The molecule has 76 valence electrons. The quantitative estimate of drug-likeness (QED) is 0.711. The van der Waals surface area contributed by atoms with Gasteiger partial charge in [-0.25, -0.2) is 0 Å². The monoisotopic (exact) mass is 192 g/mol. The van der Waals surface area contributed by atoms with Gasteiger partial charge in [-0.15, -0.1) is 0 Å². The van der Waals surface area contributed by atoms with E-state index in [4.69, 9.17) is 5.73 Å². The van der Waals surface area contributed by atoms with Crippen LogP contribution in [0.2, 0.25) is 0 Å². The molecule has 1 saturated carbocycles. The molecular formula is C10H16N4. The van der Waals surface area contributed by atoms with Crippen LogP contribution in [0.15, 0.2) is 12.3 Å². The molecule has 2 heterocycles. The molecule has 3 rings (SSSR count). The molecule has 1 unspecified atom stereocenters. The number of nitrogens with two attached hydrogens (primary N) is 1. The molecule has 14 heavy (non-hydrogen) atoms. The summed E-state index contributed by atoms with van der Waals surface area (Å²) in [6.07, 6.45) is 5.27. The molecule has 1 aromatic rings. The fraction of sp³-hybridized carbons (Fsp3) is 0.700. The van der Waals surface area contributed by atoms with Gasteiger partial charge in [0.05, 0.1) is 17.3 Å². The molecule has 1 atom stereocenters. The zero-order valence-corrected chi connectivity index (χ0v) is 8.24. The number of hydrogen-bond donors (Lipinski definition) is 2. The minimum Gasteiger partial charge on any atom is -0.320 e. The highest BCUT2D eigenvalue weighted by Gasteiger charge is 2.43. The van der Waals surface area contributed by atoms with Crippen molar-refractivity contribution in [3.63, 3.8) is 0 Å². The van der Waals surface area contributed by atoms with Crippen LogP contribution in [0.1, 0.15) is 31.0 Å². The molecule has 4 nitrogen and oxygen atoms in total. The van der Waals surface area contributed by atoms with Gasteiger partial charge in [-0.2, -0.15) is 5.10 Å². The Balaban J connectivity index is 1.93. The third kappa shape index (κ3) is 1.18. The molecular weight excluding hydrogens is 176 g/mol. The minimum atomic E-state index is -0.0565. The lowest BCUT2D eigenvalue weighted by Crippen LogP contribution is -2.26. The van der Waals surface area contributed by atoms with Crippen LogP contribution in [0.4, 0.5) is 0 Å². The second-order valence-corrected chi connectivity index (χ2v) is 4.46. The Hall–Kier alpha value is -0.870. The zero-order valence-electron chi connectivity index (χ0n) is 8.24. The summed E-state index contributed by atoms with van der Waals surface area (Å²) >= 11 is 0. The van der Waals surface area contributed by atoms with E-state index >= 15 is 0 Å². The van der Waals surface area contributed by atoms with Gasteiger partial charge in [0.15, 0.2) is 0 Å². The molecule has 2 fully saturated rings. The van der Waals surface area contributed by atoms with Gasteiger partial charge in [0.25, 0.3) is 0 Å². The highest BCUT2D eigenvalue weighted by molar-refractivity contribution is 5.22. The van der Waals surface area contributed by atoms with E-state index in [9.17, 15) is 0 Å². The van der Waals surface area contributed by atoms with Gasteiger partial charge in [-0.1, -0.05) is 0 Å². The molecule has 1 aliphatic heterocycles. The second-order valence-electron chi connectivity index (χ2n) is 4.46. The predicted molar refractivity (Wildman–Crippen MR) is 53.9 cm³/mol. The number of rotatable bonds is 2. The molecule has 4 heteroatoms. The predicted octanol–water partition coefficient (Wildman–Crippen LogP) is 0.365. The standard InChI is InChI=1S/C10H16N4/c11-10(3-4-10)9-2-6-13-14(9)8-1-5-12-7-8/h2,6,8,12H,1,3-5,7,11H2. The largest absolute Gasteiger partial charge is 0.320 e. The van der Waals surface area contributed by atoms with Crippen LogP contribution in [-0.2, 0) is 5.54 Å². The summed E-state index contributed by atoms with van der Waals surface area (Å²) in [6.45, 7) is 2.13. The molecule has 1 aliphatic carbocycles. The molecule has 0 radical (unpaired) electrons. The Morgan fingerprint density at radius 1 is 1.57 bits per heavy atom. The molecule has 2 aliphatic rings. The lowest BCUT2D eigenvalue weighted by atomic mass is 10.1. The van der Waals surface area contributed by atoms with E-state index in [0.717, 1.165) is 25.9 Å². The second kappa shape index (κ2) is 2.81. The van der Waals surface area contributed by atoms with Crippen LogP contribution in [0, 0.1) is 0 Å². The topological polar surface area (TPSA) is 55.9 Å². The van der Waals surface area contributed by atoms with E-state index in [-0.39, 0.29) is 5.54 Å². The normalized spacial score (nSPS) is 29.4. The van der Waals surface area contributed by atoms with Gasteiger partial charge in [0, 0.05) is 12.7 Å². The minimum absolute atomic E-state index is 0.0565. The summed E-state index contributed by atoms with van der Waals surface area (Å²) in [7, 11) is 0. The van der Waals surface area contributed by atoms with E-state index in [1.165, 1.54) is 12.1 Å². The van der Waals surface area contributed by atoms with E-state index in [1.807, 2.05) is 6.20 Å². The van der Waals surface area contributed by atoms with E-state index in [2.05, 4.69) is 21.2 Å². The van der Waals surface area contributed by atoms with Crippen molar-refractivity contribution in [3.05, 3.63) is 18.0 Å². The van der Waals surface area contributed by atoms with Gasteiger partial charge < -0.3 is 11.1 Å². The lowest BCUT2D eigenvalue weighted by molar-refractivity contribution is 0.450. The van der Waals surface area contributed by atoms with Crippen molar-refractivity contribution in [2.45, 2.75) is 30.8 Å². The first-order valence-electron chi connectivity index (χ1n) is 5.33. The number of nitrogens with one attached hydrogen (secondary N) is 1. The van der Waals surface area contributed by atoms with Gasteiger partial charge in [-0.3, -0.25) is 4.68 Å². The summed E-state index contributed by atoms with van der Waals surface area (Å²) in [5.41, 5.74) is 7.37. The fourth-order valence-corrected chi connectivity index (χ4v) is 2.24. The van der Waals surface area contributed by atoms with Gasteiger partial charge >= 0.3 is 0 Å². The van der Waals surface area contributed by atoms with Crippen molar-refractivity contribution in [3.8, 4) is 0 Å². The molecule has 0 amide bonds. The first-order valence-corrected chi connectivity index (χ1v) is 5.33. The Labute approximate surface area is 83.5 Å². The van der Waals surface area contributed by atoms with E-state index in [0.29, 0.717) is 6.04 Å². The molecule has 3 N–H and O–H groups in total. The van der Waals surface area contributed by atoms with Gasteiger partial charge in [0.1, 0.15) is 0 Å². The zero-order chi connectivity index (χ0) is 9.60. The molecule has 1 saturated heterocycles. The Morgan fingerprint density at radius 2 is 2.43 bits per heavy atom. The summed E-state index contributed by atoms with van der Waals surface area (Å²) < 4.78 is 2.13. The fourth-order valence-electron chi connectivity index (χ4n) is 2.24. The maximum absolute atomic E-state index is 6.20. The third-order valence-electron chi connectivity index (χ3n) is 3.35. The summed E-state index contributed by atoms with van der Waals surface area (Å²) in [4.78, 5) is 0. The summed E-state index contributed by atoms with van der Waals surface area (Å²) in [5, 5.41) is 7.76. The van der Waals surface area contributed by atoms with Crippen LogP contribution >= 0.6 is 0 Å².